The Kier molecular flexibility index (Phi) is 5.21. The lowest BCUT2D eigenvalue weighted by Gasteiger charge is -2.20. The van der Waals surface area contributed by atoms with Crippen molar-refractivity contribution < 1.29 is 14.7 Å². The van der Waals surface area contributed by atoms with E-state index in [0.717, 1.165) is 13.1 Å². The van der Waals surface area contributed by atoms with Crippen molar-refractivity contribution in [2.24, 2.45) is 0 Å². The maximum absolute atomic E-state index is 11.3. The molecule has 2 amide bonds. The molecular weight excluding hydrogens is 222 g/mol. The normalized spacial score (nSPS) is 16.6. The molecule has 0 spiro atoms. The summed E-state index contributed by atoms with van der Waals surface area (Å²) < 4.78 is 0. The summed E-state index contributed by atoms with van der Waals surface area (Å²) in [5.41, 5.74) is 0. The second kappa shape index (κ2) is 6.44. The number of hydrogen-bond donors (Lipinski definition) is 3. The molecular formula is C11H21N3O3. The Morgan fingerprint density at radius 1 is 1.47 bits per heavy atom. The molecule has 0 aromatic heterocycles. The van der Waals surface area contributed by atoms with Crippen molar-refractivity contribution >= 4 is 12.0 Å². The SMILES string of the molecule is CCN(CCNC(=O)NC(C)C(=O)O)C1CC1. The standard InChI is InChI=1S/C11H21N3O3/c1-3-14(9-4-5-9)7-6-12-11(17)13-8(2)10(15)16/h8-9H,3-7H2,1-2H3,(H,15,16)(H2,12,13,17). The predicted octanol–water partition coefficient (Wildman–Crippen LogP) is 0.243. The zero-order valence-electron chi connectivity index (χ0n) is 10.4. The van der Waals surface area contributed by atoms with E-state index in [9.17, 15) is 9.59 Å². The molecule has 1 saturated carbocycles. The third-order valence-corrected chi connectivity index (χ3v) is 2.87. The van der Waals surface area contributed by atoms with Crippen LogP contribution in [0.15, 0.2) is 0 Å². The van der Waals surface area contributed by atoms with Gasteiger partial charge in [-0.1, -0.05) is 6.92 Å². The quantitative estimate of drug-likeness (QED) is 0.598. The van der Waals surface area contributed by atoms with Gasteiger partial charge in [-0.05, 0) is 26.3 Å². The summed E-state index contributed by atoms with van der Waals surface area (Å²) in [7, 11) is 0. The maximum atomic E-state index is 11.3. The van der Waals surface area contributed by atoms with Crippen molar-refractivity contribution in [3.8, 4) is 0 Å². The summed E-state index contributed by atoms with van der Waals surface area (Å²) in [5, 5.41) is 13.6. The lowest BCUT2D eigenvalue weighted by molar-refractivity contribution is -0.138. The Bertz CT molecular complexity index is 279. The van der Waals surface area contributed by atoms with Gasteiger partial charge in [0, 0.05) is 19.1 Å². The third kappa shape index (κ3) is 5.04. The summed E-state index contributed by atoms with van der Waals surface area (Å²) in [6, 6.07) is -0.602. The average Bonchev–Trinajstić information content (AvgIpc) is 3.08. The average molecular weight is 243 g/mol. The van der Waals surface area contributed by atoms with Crippen LogP contribution in [0.25, 0.3) is 0 Å². The van der Waals surface area contributed by atoms with Crippen LogP contribution in [0.4, 0.5) is 4.79 Å². The van der Waals surface area contributed by atoms with Crippen molar-refractivity contribution in [2.75, 3.05) is 19.6 Å². The first-order chi connectivity index (χ1) is 8.04. The van der Waals surface area contributed by atoms with Crippen molar-refractivity contribution in [1.29, 1.82) is 0 Å². The van der Waals surface area contributed by atoms with Crippen molar-refractivity contribution in [3.05, 3.63) is 0 Å². The molecule has 1 fully saturated rings. The number of carboxylic acid groups (broad SMARTS) is 1. The molecule has 0 aromatic carbocycles. The molecule has 0 bridgehead atoms. The van der Waals surface area contributed by atoms with E-state index in [0.29, 0.717) is 12.6 Å². The van der Waals surface area contributed by atoms with E-state index >= 15 is 0 Å². The van der Waals surface area contributed by atoms with Crippen LogP contribution in [-0.2, 0) is 4.79 Å². The first-order valence-electron chi connectivity index (χ1n) is 6.05. The highest BCUT2D eigenvalue weighted by molar-refractivity contribution is 5.82. The second-order valence-corrected chi connectivity index (χ2v) is 4.32. The van der Waals surface area contributed by atoms with Crippen LogP contribution >= 0.6 is 0 Å². The topological polar surface area (TPSA) is 81.7 Å². The zero-order valence-corrected chi connectivity index (χ0v) is 10.4. The fraction of sp³-hybridized carbons (Fsp3) is 0.818. The first-order valence-corrected chi connectivity index (χ1v) is 6.05. The third-order valence-electron chi connectivity index (χ3n) is 2.87. The van der Waals surface area contributed by atoms with Gasteiger partial charge in [0.2, 0.25) is 0 Å². The fourth-order valence-electron chi connectivity index (χ4n) is 1.66. The zero-order chi connectivity index (χ0) is 12.8. The van der Waals surface area contributed by atoms with Crippen LogP contribution in [0, 0.1) is 0 Å². The summed E-state index contributed by atoms with van der Waals surface area (Å²) in [6.45, 7) is 5.88. The van der Waals surface area contributed by atoms with Crippen LogP contribution in [0.1, 0.15) is 26.7 Å². The summed E-state index contributed by atoms with van der Waals surface area (Å²) in [4.78, 5) is 24.1. The van der Waals surface area contributed by atoms with Crippen LogP contribution < -0.4 is 10.6 Å². The van der Waals surface area contributed by atoms with Crippen molar-refractivity contribution in [2.45, 2.75) is 38.8 Å². The molecule has 0 aliphatic heterocycles. The summed E-state index contributed by atoms with van der Waals surface area (Å²) in [6.07, 6.45) is 2.49. The smallest absolute Gasteiger partial charge is 0.325 e. The van der Waals surface area contributed by atoms with Gasteiger partial charge in [0.05, 0.1) is 0 Å². The molecule has 1 aliphatic carbocycles. The Labute approximate surface area is 101 Å². The van der Waals surface area contributed by atoms with Crippen molar-refractivity contribution in [1.82, 2.24) is 15.5 Å². The highest BCUT2D eigenvalue weighted by atomic mass is 16.4. The highest BCUT2D eigenvalue weighted by Gasteiger charge is 2.27. The van der Waals surface area contributed by atoms with Crippen LogP contribution in [0.3, 0.4) is 0 Å². The molecule has 0 radical (unpaired) electrons. The van der Waals surface area contributed by atoms with E-state index in [4.69, 9.17) is 5.11 Å². The van der Waals surface area contributed by atoms with Gasteiger partial charge in [0.1, 0.15) is 6.04 Å². The molecule has 1 rings (SSSR count). The van der Waals surface area contributed by atoms with E-state index in [-0.39, 0.29) is 0 Å². The first kappa shape index (κ1) is 13.8. The monoisotopic (exact) mass is 243 g/mol. The fourth-order valence-corrected chi connectivity index (χ4v) is 1.66. The molecule has 1 atom stereocenters. The Balaban J connectivity index is 2.12. The van der Waals surface area contributed by atoms with Gasteiger partial charge < -0.3 is 15.7 Å². The number of hydrogen-bond acceptors (Lipinski definition) is 3. The number of urea groups is 1. The number of carbonyl (C=O) groups excluding carboxylic acids is 1. The molecule has 17 heavy (non-hydrogen) atoms. The number of nitrogens with one attached hydrogen (secondary N) is 2. The van der Waals surface area contributed by atoms with E-state index in [1.807, 2.05) is 0 Å². The number of rotatable bonds is 7. The Morgan fingerprint density at radius 2 is 2.12 bits per heavy atom. The lowest BCUT2D eigenvalue weighted by Crippen LogP contribution is -2.46. The Hall–Kier alpha value is -1.30. The van der Waals surface area contributed by atoms with Crippen molar-refractivity contribution in [3.63, 3.8) is 0 Å². The number of amides is 2. The number of carboxylic acids is 1. The molecule has 0 saturated heterocycles. The van der Waals surface area contributed by atoms with Crippen LogP contribution in [0.5, 0.6) is 0 Å². The van der Waals surface area contributed by atoms with Gasteiger partial charge in [-0.25, -0.2) is 4.79 Å². The van der Waals surface area contributed by atoms with E-state index in [1.165, 1.54) is 19.8 Å². The Morgan fingerprint density at radius 3 is 2.59 bits per heavy atom. The molecule has 98 valence electrons. The van der Waals surface area contributed by atoms with Gasteiger partial charge in [0.25, 0.3) is 0 Å². The summed E-state index contributed by atoms with van der Waals surface area (Å²) in [5.74, 6) is -1.03. The van der Waals surface area contributed by atoms with Gasteiger partial charge >= 0.3 is 12.0 Å². The molecule has 6 nitrogen and oxygen atoms in total. The number of carbonyl (C=O) groups is 2. The molecule has 1 aliphatic rings. The lowest BCUT2D eigenvalue weighted by atomic mass is 10.3. The van der Waals surface area contributed by atoms with Gasteiger partial charge in [-0.2, -0.15) is 0 Å². The maximum Gasteiger partial charge on any atom is 0.325 e. The van der Waals surface area contributed by atoms with Crippen LogP contribution in [-0.4, -0.2) is 53.7 Å². The summed E-state index contributed by atoms with van der Waals surface area (Å²) >= 11 is 0. The minimum atomic E-state index is -1.03. The number of aliphatic carboxylic acids is 1. The van der Waals surface area contributed by atoms with E-state index in [1.54, 1.807) is 0 Å². The predicted molar refractivity (Wildman–Crippen MR) is 63.9 cm³/mol. The number of nitrogens with zero attached hydrogens (tertiary/aromatic N) is 1. The number of likely N-dealkylation sites (N-methyl/N-ethyl adjacent to an activating group) is 1. The van der Waals surface area contributed by atoms with E-state index < -0.39 is 18.0 Å². The van der Waals surface area contributed by atoms with Gasteiger partial charge in [0.15, 0.2) is 0 Å². The molecule has 0 heterocycles. The minimum absolute atomic E-state index is 0.424. The minimum Gasteiger partial charge on any atom is -0.480 e. The highest BCUT2D eigenvalue weighted by Crippen LogP contribution is 2.25. The van der Waals surface area contributed by atoms with Gasteiger partial charge in [-0.15, -0.1) is 0 Å². The molecule has 1 unspecified atom stereocenters. The largest absolute Gasteiger partial charge is 0.480 e. The second-order valence-electron chi connectivity index (χ2n) is 4.32. The molecule has 6 heteroatoms. The van der Waals surface area contributed by atoms with E-state index in [2.05, 4.69) is 22.5 Å². The van der Waals surface area contributed by atoms with Crippen LogP contribution in [0.2, 0.25) is 0 Å². The molecule has 0 aromatic rings. The molecule has 3 N–H and O–H groups in total. The van der Waals surface area contributed by atoms with Gasteiger partial charge in [-0.3, -0.25) is 9.69 Å².